The second kappa shape index (κ2) is 4.42. The summed E-state index contributed by atoms with van der Waals surface area (Å²) in [4.78, 5) is 17.9. The molecule has 3 N–H and O–H groups in total. The van der Waals surface area contributed by atoms with Gasteiger partial charge in [-0.15, -0.1) is 0 Å². The molecule has 21 heavy (non-hydrogen) atoms. The molecule has 7 nitrogen and oxygen atoms in total. The minimum absolute atomic E-state index is 0.331. The highest BCUT2D eigenvalue weighted by Gasteiger charge is 2.39. The number of amides is 1. The Labute approximate surface area is 121 Å². The third-order valence-electron chi connectivity index (χ3n) is 4.38. The third-order valence-corrected chi connectivity index (χ3v) is 4.38. The maximum Gasteiger partial charge on any atom is 0.226 e. The van der Waals surface area contributed by atoms with Crippen molar-refractivity contribution in [2.24, 2.45) is 5.73 Å². The number of ether oxygens (including phenoxy) is 1. The number of fused-ring (bicyclic) bond motifs is 3. The van der Waals surface area contributed by atoms with Crippen molar-refractivity contribution in [3.05, 3.63) is 18.0 Å². The zero-order chi connectivity index (χ0) is 14.6. The minimum atomic E-state index is -0.405. The summed E-state index contributed by atoms with van der Waals surface area (Å²) in [7, 11) is 0. The molecule has 0 aromatic carbocycles. The van der Waals surface area contributed by atoms with E-state index in [9.17, 15) is 4.79 Å². The van der Waals surface area contributed by atoms with E-state index < -0.39 is 5.92 Å². The first-order valence-electron chi connectivity index (χ1n) is 7.15. The summed E-state index contributed by atoms with van der Waals surface area (Å²) in [6.45, 7) is 3.50. The van der Waals surface area contributed by atoms with Crippen LogP contribution in [0.3, 0.4) is 0 Å². The van der Waals surface area contributed by atoms with Crippen molar-refractivity contribution < 1.29 is 9.53 Å². The van der Waals surface area contributed by atoms with E-state index in [1.165, 1.54) is 0 Å². The molecule has 3 aliphatic rings. The quantitative estimate of drug-likeness (QED) is 0.858. The first-order chi connectivity index (χ1) is 10.1. The van der Waals surface area contributed by atoms with Gasteiger partial charge in [-0.2, -0.15) is 5.10 Å². The monoisotopic (exact) mass is 287 g/mol. The van der Waals surface area contributed by atoms with E-state index in [0.29, 0.717) is 17.9 Å². The highest BCUT2D eigenvalue weighted by Crippen LogP contribution is 2.33. The molecule has 3 atom stereocenters. The van der Waals surface area contributed by atoms with Crippen LogP contribution in [0, 0.1) is 0 Å². The molecule has 0 spiro atoms. The second-order valence-corrected chi connectivity index (χ2v) is 5.85. The summed E-state index contributed by atoms with van der Waals surface area (Å²) in [5, 5.41) is 8.40. The van der Waals surface area contributed by atoms with Crippen LogP contribution in [-0.2, 0) is 9.53 Å². The third kappa shape index (κ3) is 1.96. The van der Waals surface area contributed by atoms with E-state index in [1.54, 1.807) is 13.1 Å². The smallest absolute Gasteiger partial charge is 0.226 e. The summed E-state index contributed by atoms with van der Waals surface area (Å²) in [6, 6.07) is 1.85. The largest absolute Gasteiger partial charge is 0.371 e. The van der Waals surface area contributed by atoms with Crippen molar-refractivity contribution in [3.63, 3.8) is 0 Å². The van der Waals surface area contributed by atoms with E-state index in [-0.39, 0.29) is 5.91 Å². The molecule has 2 aromatic rings. The lowest BCUT2D eigenvalue weighted by Gasteiger charge is -2.47. The first-order valence-corrected chi connectivity index (χ1v) is 7.15. The molecule has 3 unspecified atom stereocenters. The van der Waals surface area contributed by atoms with Crippen molar-refractivity contribution in [1.82, 2.24) is 15.2 Å². The van der Waals surface area contributed by atoms with Crippen LogP contribution in [0.15, 0.2) is 12.3 Å². The Balaban J connectivity index is 1.67. The Bertz CT molecular complexity index is 696. The number of hydrogen-bond donors (Lipinski definition) is 2. The summed E-state index contributed by atoms with van der Waals surface area (Å²) in [6.07, 6.45) is 3.58. The molecule has 2 aromatic heterocycles. The Morgan fingerprint density at radius 1 is 1.52 bits per heavy atom. The summed E-state index contributed by atoms with van der Waals surface area (Å²) in [5.74, 6) is 0.126. The number of anilines is 1. The van der Waals surface area contributed by atoms with Crippen LogP contribution < -0.4 is 10.6 Å². The summed E-state index contributed by atoms with van der Waals surface area (Å²) >= 11 is 0. The van der Waals surface area contributed by atoms with E-state index >= 15 is 0 Å². The van der Waals surface area contributed by atoms with Gasteiger partial charge in [0.15, 0.2) is 5.82 Å². The van der Waals surface area contributed by atoms with E-state index in [2.05, 4.69) is 20.1 Å². The molecule has 0 aliphatic carbocycles. The van der Waals surface area contributed by atoms with Gasteiger partial charge in [0.2, 0.25) is 5.91 Å². The number of aromatic amines is 1. The molecule has 0 saturated carbocycles. The Morgan fingerprint density at radius 2 is 2.24 bits per heavy atom. The first kappa shape index (κ1) is 12.6. The number of morpholine rings is 1. The molecule has 2 bridgehead atoms. The van der Waals surface area contributed by atoms with Gasteiger partial charge in [-0.25, -0.2) is 0 Å². The second-order valence-electron chi connectivity index (χ2n) is 5.85. The van der Waals surface area contributed by atoms with Gasteiger partial charge in [0.25, 0.3) is 0 Å². The number of nitrogens with one attached hydrogen (secondary N) is 1. The van der Waals surface area contributed by atoms with Crippen molar-refractivity contribution in [2.75, 3.05) is 18.0 Å². The van der Waals surface area contributed by atoms with Gasteiger partial charge in [-0.05, 0) is 13.0 Å². The normalized spacial score (nSPS) is 25.7. The summed E-state index contributed by atoms with van der Waals surface area (Å²) in [5.41, 5.74) is 6.87. The predicted molar refractivity (Wildman–Crippen MR) is 77.0 cm³/mol. The number of nitrogens with two attached hydrogens (primary N) is 1. The molecule has 5 rings (SSSR count). The number of H-pyrrole nitrogens is 1. The average Bonchev–Trinajstić information content (AvgIpc) is 2.88. The number of pyridine rings is 1. The molecule has 3 aliphatic heterocycles. The van der Waals surface area contributed by atoms with Crippen molar-refractivity contribution >= 4 is 22.6 Å². The molecule has 3 fully saturated rings. The Kier molecular flexibility index (Phi) is 2.65. The number of nitrogens with zero attached hydrogens (tertiary/aromatic N) is 3. The zero-order valence-corrected chi connectivity index (χ0v) is 11.7. The number of aromatic nitrogens is 3. The van der Waals surface area contributed by atoms with E-state index in [1.807, 2.05) is 6.07 Å². The maximum absolute atomic E-state index is 11.3. The molecule has 3 saturated heterocycles. The van der Waals surface area contributed by atoms with Crippen LogP contribution in [0.4, 0.5) is 5.82 Å². The average molecular weight is 287 g/mol. The highest BCUT2D eigenvalue weighted by atomic mass is 16.5. The molecule has 1 amide bonds. The van der Waals surface area contributed by atoms with Gasteiger partial charge in [-0.1, -0.05) is 0 Å². The number of carbonyl (C=O) groups is 1. The zero-order valence-electron chi connectivity index (χ0n) is 11.7. The number of carbonyl (C=O) groups excluding carboxylic acids is 1. The molecule has 5 heterocycles. The predicted octanol–water partition coefficient (Wildman–Crippen LogP) is 0.524. The van der Waals surface area contributed by atoms with Gasteiger partial charge < -0.3 is 15.4 Å². The van der Waals surface area contributed by atoms with Gasteiger partial charge in [0.05, 0.1) is 34.7 Å². The SMILES string of the molecule is CC(C(N)=O)c1cc2[nH]nc(N3CC4CC(C3)O4)c2cn1. The molecule has 0 radical (unpaired) electrons. The highest BCUT2D eigenvalue weighted by molar-refractivity contribution is 5.91. The fourth-order valence-electron chi connectivity index (χ4n) is 3.07. The van der Waals surface area contributed by atoms with Crippen molar-refractivity contribution in [1.29, 1.82) is 0 Å². The fraction of sp³-hybridized carbons (Fsp3) is 0.500. The Morgan fingerprint density at radius 3 is 2.90 bits per heavy atom. The standard InChI is InChI=1S/C14H17N5O2/c1-7(13(15)20)11-3-12-10(4-16-11)14(18-17-12)19-5-8-2-9(6-19)21-8/h3-4,7-9H,2,5-6H2,1H3,(H2,15,20)(H,17,18). The van der Waals surface area contributed by atoms with Crippen LogP contribution >= 0.6 is 0 Å². The van der Waals surface area contributed by atoms with Gasteiger partial charge >= 0.3 is 0 Å². The minimum Gasteiger partial charge on any atom is -0.371 e. The Hall–Kier alpha value is -2.15. The van der Waals surface area contributed by atoms with Crippen LogP contribution in [0.5, 0.6) is 0 Å². The molecular formula is C14H17N5O2. The van der Waals surface area contributed by atoms with Crippen LogP contribution in [0.1, 0.15) is 25.0 Å². The lowest BCUT2D eigenvalue weighted by atomic mass is 9.98. The van der Waals surface area contributed by atoms with Gasteiger partial charge in [0.1, 0.15) is 0 Å². The van der Waals surface area contributed by atoms with Gasteiger partial charge in [-0.3, -0.25) is 14.9 Å². The van der Waals surface area contributed by atoms with Crippen LogP contribution in [0.25, 0.3) is 10.9 Å². The summed E-state index contributed by atoms with van der Waals surface area (Å²) < 4.78 is 5.65. The van der Waals surface area contributed by atoms with Crippen LogP contribution in [0.2, 0.25) is 0 Å². The van der Waals surface area contributed by atoms with E-state index in [0.717, 1.165) is 36.2 Å². The number of piperidine rings is 1. The molecular weight excluding hydrogens is 270 g/mol. The molecule has 7 heteroatoms. The van der Waals surface area contributed by atoms with E-state index in [4.69, 9.17) is 10.5 Å². The van der Waals surface area contributed by atoms with Crippen LogP contribution in [-0.4, -0.2) is 46.4 Å². The van der Waals surface area contributed by atoms with Crippen molar-refractivity contribution in [3.8, 4) is 0 Å². The topological polar surface area (TPSA) is 97.1 Å². The number of rotatable bonds is 3. The lowest BCUT2D eigenvalue weighted by molar-refractivity contribution is -0.133. The number of primary amides is 1. The van der Waals surface area contributed by atoms with Crippen molar-refractivity contribution in [2.45, 2.75) is 31.5 Å². The van der Waals surface area contributed by atoms with Gasteiger partial charge in [0, 0.05) is 25.7 Å². The number of hydrogen-bond acceptors (Lipinski definition) is 5. The molecule has 110 valence electrons. The maximum atomic E-state index is 11.3. The fourth-order valence-corrected chi connectivity index (χ4v) is 3.07. The lowest BCUT2D eigenvalue weighted by Crippen LogP contribution is -2.57.